The molecule has 76 valence electrons. The molecule has 3 nitrogen and oxygen atoms in total. The number of nitrogens with zero attached hydrogens (tertiary/aromatic N) is 2. The molecule has 0 saturated carbocycles. The van der Waals surface area contributed by atoms with E-state index in [4.69, 9.17) is 16.3 Å². The van der Waals surface area contributed by atoms with E-state index in [0.717, 1.165) is 4.47 Å². The minimum atomic E-state index is 0.270. The average molecular weight is 286 g/mol. The molecule has 0 aliphatic rings. The summed E-state index contributed by atoms with van der Waals surface area (Å²) in [7, 11) is 0. The van der Waals surface area contributed by atoms with E-state index in [-0.39, 0.29) is 6.01 Å². The minimum absolute atomic E-state index is 0.270. The number of hydrogen-bond acceptors (Lipinski definition) is 3. The summed E-state index contributed by atoms with van der Waals surface area (Å²) in [6.45, 7) is 0. The van der Waals surface area contributed by atoms with Gasteiger partial charge < -0.3 is 4.74 Å². The highest BCUT2D eigenvalue weighted by molar-refractivity contribution is 9.10. The minimum Gasteiger partial charge on any atom is -0.423 e. The molecule has 5 heteroatoms. The van der Waals surface area contributed by atoms with E-state index in [0.29, 0.717) is 10.8 Å². The molecule has 15 heavy (non-hydrogen) atoms. The monoisotopic (exact) mass is 284 g/mol. The number of ether oxygens (including phenoxy) is 1. The van der Waals surface area contributed by atoms with Crippen LogP contribution in [0.5, 0.6) is 11.8 Å². The van der Waals surface area contributed by atoms with Crippen molar-refractivity contribution in [2.45, 2.75) is 0 Å². The molecule has 0 atom stereocenters. The molecule has 0 saturated heterocycles. The van der Waals surface area contributed by atoms with Crippen molar-refractivity contribution in [2.75, 3.05) is 0 Å². The Balaban J connectivity index is 2.22. The molecule has 0 amide bonds. The van der Waals surface area contributed by atoms with Gasteiger partial charge in [0, 0.05) is 12.4 Å². The van der Waals surface area contributed by atoms with Gasteiger partial charge in [-0.2, -0.15) is 0 Å². The molecule has 0 spiro atoms. The zero-order chi connectivity index (χ0) is 10.7. The van der Waals surface area contributed by atoms with Gasteiger partial charge in [-0.1, -0.05) is 23.7 Å². The zero-order valence-electron chi connectivity index (χ0n) is 7.52. The maximum Gasteiger partial charge on any atom is 0.321 e. The average Bonchev–Trinajstić information content (AvgIpc) is 2.25. The summed E-state index contributed by atoms with van der Waals surface area (Å²) in [5, 5.41) is 0.531. The van der Waals surface area contributed by atoms with E-state index in [2.05, 4.69) is 25.9 Å². The number of para-hydroxylation sites is 1. The standard InChI is InChI=1S/C10H6BrClN2O/c11-7-5-13-10(14-6-7)15-9-4-2-1-3-8(9)12/h1-6H. The third kappa shape index (κ3) is 2.67. The van der Waals surface area contributed by atoms with E-state index in [9.17, 15) is 0 Å². The molecule has 0 N–H and O–H groups in total. The van der Waals surface area contributed by atoms with Crippen LogP contribution in [0.25, 0.3) is 0 Å². The van der Waals surface area contributed by atoms with Gasteiger partial charge in [0.25, 0.3) is 0 Å². The Morgan fingerprint density at radius 1 is 1.13 bits per heavy atom. The smallest absolute Gasteiger partial charge is 0.321 e. The first kappa shape index (κ1) is 10.4. The quantitative estimate of drug-likeness (QED) is 0.844. The Kier molecular flexibility index (Phi) is 3.18. The summed E-state index contributed by atoms with van der Waals surface area (Å²) < 4.78 is 6.19. The summed E-state index contributed by atoms with van der Waals surface area (Å²) in [5.74, 6) is 0.543. The van der Waals surface area contributed by atoms with E-state index in [1.165, 1.54) is 0 Å². The lowest BCUT2D eigenvalue weighted by atomic mass is 10.3. The second-order valence-electron chi connectivity index (χ2n) is 2.72. The summed E-state index contributed by atoms with van der Waals surface area (Å²) in [5.41, 5.74) is 0. The second-order valence-corrected chi connectivity index (χ2v) is 4.04. The lowest BCUT2D eigenvalue weighted by Crippen LogP contribution is -1.91. The van der Waals surface area contributed by atoms with Crippen LogP contribution >= 0.6 is 27.5 Å². The van der Waals surface area contributed by atoms with Gasteiger partial charge in [0.1, 0.15) is 5.75 Å². The van der Waals surface area contributed by atoms with Crippen LogP contribution in [-0.4, -0.2) is 9.97 Å². The van der Waals surface area contributed by atoms with Crippen LogP contribution in [0.15, 0.2) is 41.1 Å². The molecule has 0 aliphatic carbocycles. The van der Waals surface area contributed by atoms with Crippen LogP contribution in [0.3, 0.4) is 0 Å². The maximum absolute atomic E-state index is 5.92. The molecular weight excluding hydrogens is 279 g/mol. The third-order valence-corrected chi connectivity index (χ3v) is 2.36. The summed E-state index contributed by atoms with van der Waals surface area (Å²) in [6.07, 6.45) is 3.22. The van der Waals surface area contributed by atoms with Crippen molar-refractivity contribution in [3.8, 4) is 11.8 Å². The van der Waals surface area contributed by atoms with Crippen molar-refractivity contribution in [3.05, 3.63) is 46.2 Å². The van der Waals surface area contributed by atoms with Crippen LogP contribution in [0.4, 0.5) is 0 Å². The lowest BCUT2D eigenvalue weighted by molar-refractivity contribution is 0.441. The number of benzene rings is 1. The van der Waals surface area contributed by atoms with Crippen LogP contribution < -0.4 is 4.74 Å². The molecule has 0 aliphatic heterocycles. The molecule has 0 unspecified atom stereocenters. The van der Waals surface area contributed by atoms with Crippen molar-refractivity contribution >= 4 is 27.5 Å². The van der Waals surface area contributed by atoms with Crippen molar-refractivity contribution in [1.82, 2.24) is 9.97 Å². The van der Waals surface area contributed by atoms with Crippen molar-refractivity contribution in [3.63, 3.8) is 0 Å². The topological polar surface area (TPSA) is 35.0 Å². The zero-order valence-corrected chi connectivity index (χ0v) is 9.86. The second kappa shape index (κ2) is 4.59. The Bertz CT molecular complexity index is 461. The number of aromatic nitrogens is 2. The van der Waals surface area contributed by atoms with Crippen molar-refractivity contribution in [1.29, 1.82) is 0 Å². The highest BCUT2D eigenvalue weighted by Gasteiger charge is 2.03. The molecule has 1 heterocycles. The molecule has 1 aromatic carbocycles. The molecule has 0 fully saturated rings. The summed E-state index contributed by atoms with van der Waals surface area (Å²) in [6, 6.07) is 7.44. The van der Waals surface area contributed by atoms with Crippen LogP contribution in [-0.2, 0) is 0 Å². The van der Waals surface area contributed by atoms with Crippen LogP contribution in [0, 0.1) is 0 Å². The fourth-order valence-corrected chi connectivity index (χ4v) is 1.36. The van der Waals surface area contributed by atoms with E-state index in [1.807, 2.05) is 12.1 Å². The van der Waals surface area contributed by atoms with Gasteiger partial charge in [0.15, 0.2) is 0 Å². The molecule has 0 bridgehead atoms. The highest BCUT2D eigenvalue weighted by Crippen LogP contribution is 2.26. The van der Waals surface area contributed by atoms with Gasteiger partial charge in [0.05, 0.1) is 9.50 Å². The molecule has 1 aromatic heterocycles. The van der Waals surface area contributed by atoms with Gasteiger partial charge in [-0.25, -0.2) is 9.97 Å². The van der Waals surface area contributed by atoms with E-state index in [1.54, 1.807) is 24.5 Å². The van der Waals surface area contributed by atoms with Gasteiger partial charge in [-0.3, -0.25) is 0 Å². The van der Waals surface area contributed by atoms with E-state index < -0.39 is 0 Å². The Morgan fingerprint density at radius 3 is 2.47 bits per heavy atom. The maximum atomic E-state index is 5.92. The number of halogens is 2. The Labute approximate surface area is 100 Å². The number of rotatable bonds is 2. The number of hydrogen-bond donors (Lipinski definition) is 0. The van der Waals surface area contributed by atoms with Gasteiger partial charge in [-0.05, 0) is 28.1 Å². The molecular formula is C10H6BrClN2O. The van der Waals surface area contributed by atoms with Crippen molar-refractivity contribution in [2.24, 2.45) is 0 Å². The lowest BCUT2D eigenvalue weighted by Gasteiger charge is -2.04. The predicted octanol–water partition coefficient (Wildman–Crippen LogP) is 3.68. The molecule has 2 rings (SSSR count). The first-order chi connectivity index (χ1) is 7.25. The normalized spacial score (nSPS) is 10.0. The first-order valence-corrected chi connectivity index (χ1v) is 5.33. The van der Waals surface area contributed by atoms with Gasteiger partial charge in [-0.15, -0.1) is 0 Å². The fraction of sp³-hybridized carbons (Fsp3) is 0. The highest BCUT2D eigenvalue weighted by atomic mass is 79.9. The van der Waals surface area contributed by atoms with E-state index >= 15 is 0 Å². The van der Waals surface area contributed by atoms with Crippen molar-refractivity contribution < 1.29 is 4.74 Å². The van der Waals surface area contributed by atoms with Crippen LogP contribution in [0.1, 0.15) is 0 Å². The first-order valence-electron chi connectivity index (χ1n) is 4.15. The Hall–Kier alpha value is -1.13. The van der Waals surface area contributed by atoms with Gasteiger partial charge in [0.2, 0.25) is 0 Å². The molecule has 0 radical (unpaired) electrons. The predicted molar refractivity (Wildman–Crippen MR) is 61.3 cm³/mol. The summed E-state index contributed by atoms with van der Waals surface area (Å²) >= 11 is 9.15. The largest absolute Gasteiger partial charge is 0.423 e. The molecule has 2 aromatic rings. The summed E-state index contributed by atoms with van der Waals surface area (Å²) in [4.78, 5) is 7.95. The Morgan fingerprint density at radius 2 is 1.80 bits per heavy atom. The SMILES string of the molecule is Clc1ccccc1Oc1ncc(Br)cn1. The van der Waals surface area contributed by atoms with Crippen LogP contribution in [0.2, 0.25) is 5.02 Å². The fourth-order valence-electron chi connectivity index (χ4n) is 0.979. The third-order valence-electron chi connectivity index (χ3n) is 1.63. The van der Waals surface area contributed by atoms with Gasteiger partial charge >= 0.3 is 6.01 Å².